The maximum atomic E-state index is 13.1. The number of carbonyl (C=O) groups excluding carboxylic acids is 14. The molecule has 38 heteroatoms. The molecule has 15 rings (SSSR count). The molecule has 0 aromatic heterocycles. The third kappa shape index (κ3) is 39.3. The van der Waals surface area contributed by atoms with Crippen molar-refractivity contribution in [1.82, 2.24) is 0 Å². The van der Waals surface area contributed by atoms with Crippen LogP contribution in [0.15, 0.2) is 419 Å². The molecule has 34 nitrogen and oxygen atoms in total. The van der Waals surface area contributed by atoms with Gasteiger partial charge in [-0.1, -0.05) is 216 Å². The van der Waals surface area contributed by atoms with Crippen molar-refractivity contribution < 1.29 is 161 Å². The molecule has 736 valence electrons. The van der Waals surface area contributed by atoms with Crippen LogP contribution in [-0.2, 0) is 55.6 Å². The van der Waals surface area contributed by atoms with Gasteiger partial charge in [-0.3, -0.25) is 19.2 Å². The van der Waals surface area contributed by atoms with E-state index in [9.17, 15) is 95.2 Å². The van der Waals surface area contributed by atoms with E-state index >= 15 is 0 Å². The van der Waals surface area contributed by atoms with Crippen molar-refractivity contribution in [3.05, 3.63) is 519 Å². The Bertz CT molecular complexity index is 6890. The second-order valence-corrected chi connectivity index (χ2v) is 32.6. The number of aldehydes is 4. The number of alkyl halides is 1. The van der Waals surface area contributed by atoms with Crippen LogP contribution in [0, 0.1) is 0 Å². The third-order valence-corrected chi connectivity index (χ3v) is 21.8. The first kappa shape index (κ1) is 112. The van der Waals surface area contributed by atoms with E-state index in [1.807, 2.05) is 18.2 Å². The maximum Gasteiger partial charge on any atom is 0.812 e. The van der Waals surface area contributed by atoms with E-state index in [2.05, 4.69) is 37.1 Å². The number of rotatable bonds is 28. The minimum Gasteiger partial charge on any atom is -0.508 e. The zero-order chi connectivity index (χ0) is 106. The van der Waals surface area contributed by atoms with Gasteiger partial charge in [0, 0.05) is 32.1 Å². The second kappa shape index (κ2) is 59.4. The number of hydrogen-bond donors (Lipinski definition) is 4. The van der Waals surface area contributed by atoms with E-state index in [4.69, 9.17) is 57.0 Å². The Hall–Kier alpha value is -19.1. The molecule has 15 aromatic carbocycles. The van der Waals surface area contributed by atoms with Crippen molar-refractivity contribution in [3.63, 3.8) is 0 Å². The number of phenolic OH excluding ortho intramolecular Hbond substituents is 1. The number of phosphoric ester groups is 2. The minimum absolute atomic E-state index is 0.0133. The van der Waals surface area contributed by atoms with Crippen LogP contribution in [0.4, 0.5) is 0 Å². The molecule has 0 amide bonds. The fourth-order valence-corrected chi connectivity index (χ4v) is 13.9. The highest BCUT2D eigenvalue weighted by Gasteiger charge is 2.41. The lowest BCUT2D eigenvalue weighted by Crippen LogP contribution is -2.13. The molecule has 0 saturated carbocycles. The molecule has 0 spiro atoms. The van der Waals surface area contributed by atoms with Gasteiger partial charge < -0.3 is 57.0 Å². The Morgan fingerprint density at radius 2 is 0.418 bits per heavy atom. The van der Waals surface area contributed by atoms with Crippen molar-refractivity contribution in [2.75, 3.05) is 0 Å². The fourth-order valence-electron chi connectivity index (χ4n) is 10.8. The topological polar surface area (TPSA) is 515 Å². The third-order valence-electron chi connectivity index (χ3n) is 18.1. The van der Waals surface area contributed by atoms with Crippen molar-refractivity contribution in [2.45, 2.75) is 5.33 Å². The van der Waals surface area contributed by atoms with Crippen LogP contribution in [0.3, 0.4) is 0 Å². The molecule has 0 aliphatic carbocycles. The van der Waals surface area contributed by atoms with E-state index in [1.54, 1.807) is 170 Å². The SMILES string of the molecule is BrCc1ccccc1.O=C(O)c1ccc(C(=O)OC(=O)c2ccccc2)cc1.O=C(O)c1ccc(OP(=O)(OC(=O)c2ccccc2)OC(=O)c2ccccc2)cc1.O=C(O[P+](=O)OC(=O)c1ccccc1)c1ccccc1.O=Cc1ccc(C(=O)O)cc1.O=Cc1ccc(C(=O)OC(=O)c2ccccc2)cc1.O=Cc1ccc(O)cc1.O=Cc1ccc(OP(=O)(OC(=O)c2ccccc2)OC(=O)c2ccccc2)cc1. The number of carboxylic acids is 3. The predicted molar refractivity (Wildman–Crippen MR) is 529 cm³/mol. The summed E-state index contributed by atoms with van der Waals surface area (Å²) in [4.78, 5) is 193. The first-order valence-electron chi connectivity index (χ1n) is 42.1. The van der Waals surface area contributed by atoms with Crippen LogP contribution in [0.5, 0.6) is 17.2 Å². The zero-order valence-corrected chi connectivity index (χ0v) is 79.9. The Morgan fingerprint density at radius 1 is 0.240 bits per heavy atom. The molecular weight excluding hydrogens is 2010 g/mol. The van der Waals surface area contributed by atoms with Gasteiger partial charge in [0.05, 0.1) is 72.3 Å². The van der Waals surface area contributed by atoms with Gasteiger partial charge in [0.15, 0.2) is 0 Å². The lowest BCUT2D eigenvalue weighted by molar-refractivity contribution is 0.0380. The van der Waals surface area contributed by atoms with Gasteiger partial charge in [0.25, 0.3) is 0 Å². The van der Waals surface area contributed by atoms with Gasteiger partial charge in [0.2, 0.25) is 0 Å². The second-order valence-electron chi connectivity index (χ2n) is 28.4. The first-order chi connectivity index (χ1) is 70.3. The van der Waals surface area contributed by atoms with Crippen molar-refractivity contribution in [2.24, 2.45) is 0 Å². The number of halogens is 1. The summed E-state index contributed by atoms with van der Waals surface area (Å²) in [7, 11) is -12.3. The molecule has 0 aliphatic rings. The highest BCUT2D eigenvalue weighted by Crippen LogP contribution is 2.52. The van der Waals surface area contributed by atoms with Crippen molar-refractivity contribution in [1.29, 1.82) is 0 Å². The Labute approximate surface area is 840 Å². The summed E-state index contributed by atoms with van der Waals surface area (Å²) in [6.45, 7) is 0. The average Bonchev–Trinajstić information content (AvgIpc) is 0.822. The van der Waals surface area contributed by atoms with Gasteiger partial charge in [-0.15, -0.1) is 0 Å². The van der Waals surface area contributed by atoms with Gasteiger partial charge in [-0.25, -0.2) is 62.3 Å². The molecule has 0 fully saturated rings. The fraction of sp³-hybridized carbons (Fsp3) is 0.00926. The van der Waals surface area contributed by atoms with Gasteiger partial charge in [0.1, 0.15) is 42.4 Å². The summed E-state index contributed by atoms with van der Waals surface area (Å²) in [5, 5.41) is 35.9. The molecule has 15 aromatic rings. The molecule has 0 radical (unpaired) electrons. The number of aromatic carboxylic acids is 3. The van der Waals surface area contributed by atoms with Crippen LogP contribution in [0.2, 0.25) is 0 Å². The number of phosphoric acid groups is 2. The van der Waals surface area contributed by atoms with Crippen molar-refractivity contribution >= 4 is 143 Å². The molecule has 0 aliphatic heterocycles. The zero-order valence-electron chi connectivity index (χ0n) is 75.6. The summed E-state index contributed by atoms with van der Waals surface area (Å²) in [6.07, 6.45) is 2.70. The number of phenols is 1. The Kier molecular flexibility index (Phi) is 45.6. The molecule has 0 heterocycles. The summed E-state index contributed by atoms with van der Waals surface area (Å²) in [5.41, 5.74) is 5.08. The Morgan fingerprint density at radius 3 is 0.644 bits per heavy atom. The number of hydrogen-bond acceptors (Lipinski definition) is 31. The monoisotopic (exact) mass is 2090 g/mol. The van der Waals surface area contributed by atoms with Crippen LogP contribution in [0.1, 0.15) is 182 Å². The lowest BCUT2D eigenvalue weighted by Gasteiger charge is -2.17. The van der Waals surface area contributed by atoms with Crippen LogP contribution in [-0.4, -0.2) is 123 Å². The van der Waals surface area contributed by atoms with Gasteiger partial charge >= 0.3 is 102 Å². The molecule has 0 unspecified atom stereocenters. The number of carboxylic acid groups (broad SMARTS) is 3. The summed E-state index contributed by atoms with van der Waals surface area (Å²) < 4.78 is 86.5. The predicted octanol–water partition coefficient (Wildman–Crippen LogP) is 22.5. The average molecular weight is 2090 g/mol. The van der Waals surface area contributed by atoms with E-state index < -0.39 is 102 Å². The minimum atomic E-state index is -4.77. The van der Waals surface area contributed by atoms with Crippen LogP contribution < -0.4 is 9.05 Å². The molecule has 0 bridgehead atoms. The number of aromatic hydroxyl groups is 1. The number of benzene rings is 15. The largest absolute Gasteiger partial charge is 0.812 e. The number of esters is 4. The summed E-state index contributed by atoms with van der Waals surface area (Å²) in [5.74, 6) is -11.9. The normalized spacial score (nSPS) is 9.95. The van der Waals surface area contributed by atoms with E-state index in [0.29, 0.717) is 46.7 Å². The lowest BCUT2D eigenvalue weighted by atomic mass is 10.1. The quantitative estimate of drug-likeness (QED) is 0.0116. The summed E-state index contributed by atoms with van der Waals surface area (Å²) in [6, 6.07) is 107. The van der Waals surface area contributed by atoms with E-state index in [-0.39, 0.29) is 84.0 Å². The molecule has 0 saturated heterocycles. The van der Waals surface area contributed by atoms with Crippen molar-refractivity contribution in [3.8, 4) is 17.2 Å². The van der Waals surface area contributed by atoms with E-state index in [0.717, 1.165) is 11.6 Å². The summed E-state index contributed by atoms with van der Waals surface area (Å²) >= 11 is 3.36. The first-order valence-corrected chi connectivity index (χ1v) is 47.2. The van der Waals surface area contributed by atoms with Gasteiger partial charge in [-0.2, -0.15) is 18.2 Å². The highest BCUT2D eigenvalue weighted by molar-refractivity contribution is 9.08. The molecule has 0 atom stereocenters. The molecule has 4 N–H and O–H groups in total. The van der Waals surface area contributed by atoms with Crippen LogP contribution in [0.25, 0.3) is 0 Å². The standard InChI is InChI=1S/C21H15O8P.C21H15O7P.C15H10O5.C15H10O4.C14H10O5P.C8H6O3.C7H7Br.C7H6O2/c22-19(23)15-11-13-18(14-12-15)27-30(26,28-20(24)16-7-3-1-4-8-16)29-21(25)17-9-5-2-6-10-17;22-15-16-11-13-19(14-12-16)26-29(25,27-20(23)17-7-3-1-4-8-17)28-21(24)18-9-5-2-6-10-18;16-13(17)10-6-8-12(9-7-10)15(19)20-14(18)11-4-2-1-3-5-11;16-10-11-6-8-13(9-7-11)15(18)19-14(17)12-4-2-1-3-5-12;15-13(11-7-3-1-4-8-11)18-20(17)19-14(16)12-9-5-2-6-10-12;9-5-6-1-3-7(4-2-6)8(10)11;8-6-7-4-2-1-3-5-7;8-5-6-1-3-7(9)4-2-6/h1-14H,(H,22,23);1-15H;1-9H,(H,16,17);1-10H;1-10H;1-5H,(H,10,11);1-5H,6H2;1-5,9H/q;;;;+1;;;. The van der Waals surface area contributed by atoms with E-state index in [1.165, 1.54) is 224 Å². The Balaban J connectivity index is 0.000000210. The molecular formula is C108H79BrO34P3+. The van der Waals surface area contributed by atoms with Gasteiger partial charge in [-0.05, 0) is 224 Å². The number of ether oxygens (including phenoxy) is 2. The van der Waals surface area contributed by atoms with Crippen LogP contribution >= 0.6 is 39.8 Å². The maximum absolute atomic E-state index is 13.1. The molecule has 146 heavy (non-hydrogen) atoms. The number of carbonyl (C=O) groups is 17. The smallest absolute Gasteiger partial charge is 0.508 e. The highest BCUT2D eigenvalue weighted by atomic mass is 79.9.